The van der Waals surface area contributed by atoms with Crippen LogP contribution >= 0.6 is 0 Å². The molecule has 0 unspecified atom stereocenters. The highest BCUT2D eigenvalue weighted by Crippen LogP contribution is 2.12. The average molecular weight is 402 g/mol. The van der Waals surface area contributed by atoms with Crippen LogP contribution in [0.5, 0.6) is 0 Å². The number of nitrogen functional groups attached to an aromatic ring is 1. The van der Waals surface area contributed by atoms with Crippen molar-refractivity contribution in [2.45, 2.75) is 33.2 Å². The monoisotopic (exact) mass is 402 g/mol. The van der Waals surface area contributed by atoms with Gasteiger partial charge in [0.05, 0.1) is 18.7 Å². The van der Waals surface area contributed by atoms with Crippen LogP contribution in [0, 0.1) is 0 Å². The number of anilines is 2. The predicted octanol–water partition coefficient (Wildman–Crippen LogP) is 1.40. The minimum atomic E-state index is -0.722. The molecule has 1 aromatic heterocycles. The number of ketones is 1. The van der Waals surface area contributed by atoms with Gasteiger partial charge < -0.3 is 15.8 Å². The first-order valence-corrected chi connectivity index (χ1v) is 9.45. The molecule has 2 aromatic rings. The van der Waals surface area contributed by atoms with Crippen molar-refractivity contribution in [1.29, 1.82) is 0 Å². The third kappa shape index (κ3) is 4.92. The summed E-state index contributed by atoms with van der Waals surface area (Å²) in [7, 11) is 1.32. The molecule has 0 atom stereocenters. The number of carbonyl (C=O) groups is 2. The minimum Gasteiger partial charge on any atom is -0.462 e. The Kier molecular flexibility index (Phi) is 7.35. The molecule has 0 aliphatic heterocycles. The number of benzene rings is 1. The Hall–Kier alpha value is -3.36. The molecular formula is C20H26N4O5. The maximum absolute atomic E-state index is 12.6. The van der Waals surface area contributed by atoms with Gasteiger partial charge in [-0.25, -0.2) is 9.59 Å². The van der Waals surface area contributed by atoms with Crippen LogP contribution in [-0.2, 0) is 18.3 Å². The zero-order chi connectivity index (χ0) is 21.6. The molecule has 3 N–H and O–H groups in total. The van der Waals surface area contributed by atoms with Crippen LogP contribution in [0.3, 0.4) is 0 Å². The molecular weight excluding hydrogens is 376 g/mol. The molecule has 29 heavy (non-hydrogen) atoms. The maximum Gasteiger partial charge on any atom is 0.338 e. The van der Waals surface area contributed by atoms with Crippen LogP contribution < -0.4 is 22.3 Å². The number of Topliss-reactive ketones (excluding diaryl/α,β-unsaturated/α-hetero) is 1. The molecule has 0 spiro atoms. The lowest BCUT2D eigenvalue weighted by Gasteiger charge is -2.14. The Labute approximate surface area is 168 Å². The number of aromatic nitrogens is 2. The Morgan fingerprint density at radius 3 is 2.34 bits per heavy atom. The SMILES string of the molecule is CCCOC(=O)c1ccc(NCC(=O)c2c(N)n(CCC)c(=O)n(C)c2=O)cc1. The first-order chi connectivity index (χ1) is 13.8. The fourth-order valence-electron chi connectivity index (χ4n) is 2.76. The summed E-state index contributed by atoms with van der Waals surface area (Å²) in [5, 5.41) is 2.90. The topological polar surface area (TPSA) is 125 Å². The first-order valence-electron chi connectivity index (χ1n) is 9.45. The summed E-state index contributed by atoms with van der Waals surface area (Å²) in [4.78, 5) is 49.0. The summed E-state index contributed by atoms with van der Waals surface area (Å²) in [6.45, 7) is 4.24. The zero-order valence-corrected chi connectivity index (χ0v) is 16.9. The molecule has 1 heterocycles. The minimum absolute atomic E-state index is 0.124. The average Bonchev–Trinajstić information content (AvgIpc) is 2.72. The number of hydrogen-bond acceptors (Lipinski definition) is 7. The molecule has 9 heteroatoms. The summed E-state index contributed by atoms with van der Waals surface area (Å²) < 4.78 is 7.17. The van der Waals surface area contributed by atoms with E-state index in [4.69, 9.17) is 10.5 Å². The summed E-state index contributed by atoms with van der Waals surface area (Å²) in [5.41, 5.74) is 5.45. The number of ether oxygens (including phenoxy) is 1. The van der Waals surface area contributed by atoms with Crippen molar-refractivity contribution in [2.24, 2.45) is 7.05 Å². The fourth-order valence-corrected chi connectivity index (χ4v) is 2.76. The van der Waals surface area contributed by atoms with Crippen LogP contribution in [0.15, 0.2) is 33.9 Å². The third-order valence-electron chi connectivity index (χ3n) is 4.32. The largest absolute Gasteiger partial charge is 0.462 e. The van der Waals surface area contributed by atoms with Gasteiger partial charge >= 0.3 is 11.7 Å². The zero-order valence-electron chi connectivity index (χ0n) is 16.9. The molecule has 0 amide bonds. The molecule has 0 aliphatic carbocycles. The Balaban J connectivity index is 2.16. The Morgan fingerprint density at radius 2 is 1.76 bits per heavy atom. The second-order valence-electron chi connectivity index (χ2n) is 6.55. The Bertz CT molecular complexity index is 1010. The van der Waals surface area contributed by atoms with Crippen molar-refractivity contribution < 1.29 is 14.3 Å². The molecule has 0 saturated heterocycles. The summed E-state index contributed by atoms with van der Waals surface area (Å²) in [6, 6.07) is 6.43. The van der Waals surface area contributed by atoms with Gasteiger partial charge in [0.1, 0.15) is 11.4 Å². The highest BCUT2D eigenvalue weighted by Gasteiger charge is 2.21. The standard InChI is InChI=1S/C20H26N4O5/c1-4-10-24-17(21)16(18(26)23(3)20(24)28)15(25)12-22-14-8-6-13(7-9-14)19(27)29-11-5-2/h6-9,22H,4-5,10-12,21H2,1-3H3. The third-order valence-corrected chi connectivity index (χ3v) is 4.32. The van der Waals surface area contributed by atoms with Crippen molar-refractivity contribution in [2.75, 3.05) is 24.2 Å². The number of hydrogen-bond donors (Lipinski definition) is 2. The molecule has 1 aromatic carbocycles. The lowest BCUT2D eigenvalue weighted by Crippen LogP contribution is -2.43. The maximum atomic E-state index is 12.6. The number of nitrogens with two attached hydrogens (primary N) is 1. The molecule has 156 valence electrons. The quantitative estimate of drug-likeness (QED) is 0.480. The van der Waals surface area contributed by atoms with Gasteiger partial charge in [0.2, 0.25) is 0 Å². The van der Waals surface area contributed by atoms with Crippen LogP contribution in [0.2, 0.25) is 0 Å². The smallest absolute Gasteiger partial charge is 0.338 e. The van der Waals surface area contributed by atoms with Crippen molar-refractivity contribution in [3.8, 4) is 0 Å². The van der Waals surface area contributed by atoms with Crippen molar-refractivity contribution in [3.63, 3.8) is 0 Å². The number of nitrogens with zero attached hydrogens (tertiary/aromatic N) is 2. The molecule has 0 bridgehead atoms. The number of rotatable bonds is 9. The lowest BCUT2D eigenvalue weighted by molar-refractivity contribution is 0.0505. The number of nitrogens with one attached hydrogen (secondary N) is 1. The molecule has 0 radical (unpaired) electrons. The van der Waals surface area contributed by atoms with Gasteiger partial charge in [-0.3, -0.25) is 18.7 Å². The molecule has 9 nitrogen and oxygen atoms in total. The lowest BCUT2D eigenvalue weighted by atomic mass is 10.1. The first kappa shape index (κ1) is 21.9. The van der Waals surface area contributed by atoms with Crippen molar-refractivity contribution in [1.82, 2.24) is 9.13 Å². The van der Waals surface area contributed by atoms with E-state index in [1.165, 1.54) is 11.6 Å². The van der Waals surface area contributed by atoms with Gasteiger partial charge in [0, 0.05) is 19.3 Å². The van der Waals surface area contributed by atoms with E-state index >= 15 is 0 Å². The van der Waals surface area contributed by atoms with Gasteiger partial charge in [-0.05, 0) is 37.1 Å². The summed E-state index contributed by atoms with van der Waals surface area (Å²) in [6.07, 6.45) is 1.36. The van der Waals surface area contributed by atoms with Gasteiger partial charge in [-0.15, -0.1) is 0 Å². The van der Waals surface area contributed by atoms with Gasteiger partial charge in [0.25, 0.3) is 5.56 Å². The van der Waals surface area contributed by atoms with Crippen LogP contribution in [0.4, 0.5) is 11.5 Å². The summed E-state index contributed by atoms with van der Waals surface area (Å²) >= 11 is 0. The van der Waals surface area contributed by atoms with Gasteiger partial charge in [0.15, 0.2) is 5.78 Å². The fraction of sp³-hybridized carbons (Fsp3) is 0.400. The number of esters is 1. The highest BCUT2D eigenvalue weighted by molar-refractivity contribution is 6.02. The van der Waals surface area contributed by atoms with Gasteiger partial charge in [-0.1, -0.05) is 13.8 Å². The Morgan fingerprint density at radius 1 is 1.10 bits per heavy atom. The van der Waals surface area contributed by atoms with Crippen molar-refractivity contribution >= 4 is 23.3 Å². The van der Waals surface area contributed by atoms with Crippen LogP contribution in [0.1, 0.15) is 47.4 Å². The second kappa shape index (κ2) is 9.72. The van der Waals surface area contributed by atoms with E-state index in [0.717, 1.165) is 11.0 Å². The van der Waals surface area contributed by atoms with E-state index in [9.17, 15) is 19.2 Å². The van der Waals surface area contributed by atoms with E-state index in [-0.39, 0.29) is 17.9 Å². The van der Waals surface area contributed by atoms with Crippen molar-refractivity contribution in [3.05, 3.63) is 56.2 Å². The van der Waals surface area contributed by atoms with E-state index in [2.05, 4.69) is 5.32 Å². The van der Waals surface area contributed by atoms with E-state index in [1.54, 1.807) is 24.3 Å². The van der Waals surface area contributed by atoms with Crippen LogP contribution in [0.25, 0.3) is 0 Å². The van der Waals surface area contributed by atoms with Gasteiger partial charge in [-0.2, -0.15) is 0 Å². The van der Waals surface area contributed by atoms with E-state index in [1.807, 2.05) is 13.8 Å². The normalized spacial score (nSPS) is 10.6. The predicted molar refractivity (Wildman–Crippen MR) is 110 cm³/mol. The van der Waals surface area contributed by atoms with E-state index < -0.39 is 23.0 Å². The number of carbonyl (C=O) groups excluding carboxylic acids is 2. The highest BCUT2D eigenvalue weighted by atomic mass is 16.5. The molecule has 0 fully saturated rings. The molecule has 0 saturated carbocycles. The van der Waals surface area contributed by atoms with Crippen LogP contribution in [-0.4, -0.2) is 34.0 Å². The van der Waals surface area contributed by atoms with E-state index in [0.29, 0.717) is 30.8 Å². The summed E-state index contributed by atoms with van der Waals surface area (Å²) in [5.74, 6) is -1.07. The molecule has 0 aliphatic rings. The molecule has 2 rings (SSSR count). The second-order valence-corrected chi connectivity index (χ2v) is 6.55.